The minimum absolute atomic E-state index is 0.190. The zero-order valence-electron chi connectivity index (χ0n) is 18.0. The summed E-state index contributed by atoms with van der Waals surface area (Å²) in [6.45, 7) is 7.78. The molecule has 0 radical (unpaired) electrons. The first kappa shape index (κ1) is 22.0. The number of hydrogen-bond donors (Lipinski definition) is 1. The lowest BCUT2D eigenvalue weighted by atomic mass is 9.92. The molecule has 1 aromatic rings. The first-order valence-electron chi connectivity index (χ1n) is 11.1. The molecule has 6 heteroatoms. The first-order valence-corrected chi connectivity index (χ1v) is 11.1. The number of hydrogen-bond acceptors (Lipinski definition) is 4. The molecule has 2 aliphatic heterocycles. The van der Waals surface area contributed by atoms with Gasteiger partial charge in [-0.15, -0.1) is 0 Å². The van der Waals surface area contributed by atoms with Crippen LogP contribution in [0.25, 0.3) is 0 Å². The van der Waals surface area contributed by atoms with Crippen molar-refractivity contribution in [1.29, 1.82) is 0 Å². The van der Waals surface area contributed by atoms with E-state index in [2.05, 4.69) is 22.0 Å². The molecule has 2 fully saturated rings. The van der Waals surface area contributed by atoms with E-state index in [0.29, 0.717) is 30.7 Å². The van der Waals surface area contributed by atoms with Crippen LogP contribution in [0.1, 0.15) is 51.0 Å². The molecule has 0 saturated carbocycles. The Morgan fingerprint density at radius 1 is 1.24 bits per heavy atom. The van der Waals surface area contributed by atoms with Crippen LogP contribution in [0.5, 0.6) is 5.75 Å². The molecule has 2 aliphatic rings. The van der Waals surface area contributed by atoms with Crippen LogP contribution in [0.3, 0.4) is 0 Å². The summed E-state index contributed by atoms with van der Waals surface area (Å²) in [6, 6.07) is 5.60. The van der Waals surface area contributed by atoms with Gasteiger partial charge in [0.05, 0.1) is 7.11 Å². The molecular weight excluding hydrogens is 369 g/mol. The van der Waals surface area contributed by atoms with E-state index >= 15 is 0 Å². The van der Waals surface area contributed by atoms with Gasteiger partial charge in [-0.25, -0.2) is 4.39 Å². The van der Waals surface area contributed by atoms with Crippen molar-refractivity contribution in [2.75, 3.05) is 39.8 Å². The van der Waals surface area contributed by atoms with E-state index < -0.39 is 0 Å². The average molecular weight is 406 g/mol. The summed E-state index contributed by atoms with van der Waals surface area (Å²) < 4.78 is 19.2. The van der Waals surface area contributed by atoms with Crippen molar-refractivity contribution in [3.05, 3.63) is 29.6 Å². The Kier molecular flexibility index (Phi) is 8.30. The maximum atomic E-state index is 14.2. The van der Waals surface area contributed by atoms with Crippen molar-refractivity contribution in [2.24, 2.45) is 5.92 Å². The highest BCUT2D eigenvalue weighted by Crippen LogP contribution is 2.25. The Morgan fingerprint density at radius 3 is 2.72 bits per heavy atom. The second-order valence-corrected chi connectivity index (χ2v) is 8.44. The lowest BCUT2D eigenvalue weighted by Crippen LogP contribution is -2.40. The van der Waals surface area contributed by atoms with Gasteiger partial charge in [0.2, 0.25) is 5.91 Å². The summed E-state index contributed by atoms with van der Waals surface area (Å²) in [7, 11) is 1.55. The Labute approximate surface area is 174 Å². The van der Waals surface area contributed by atoms with E-state index in [9.17, 15) is 9.18 Å². The van der Waals surface area contributed by atoms with E-state index in [-0.39, 0.29) is 11.7 Å². The Balaban J connectivity index is 1.33. The maximum Gasteiger partial charge on any atom is 0.220 e. The van der Waals surface area contributed by atoms with Crippen LogP contribution < -0.4 is 10.1 Å². The largest absolute Gasteiger partial charge is 0.497 e. The molecule has 1 aromatic carbocycles. The van der Waals surface area contributed by atoms with Crippen molar-refractivity contribution < 1.29 is 13.9 Å². The fourth-order valence-corrected chi connectivity index (χ4v) is 4.66. The average Bonchev–Trinajstić information content (AvgIpc) is 3.20. The van der Waals surface area contributed by atoms with Crippen molar-refractivity contribution in [2.45, 2.75) is 58.0 Å². The number of nitrogens with zero attached hydrogens (tertiary/aromatic N) is 2. The van der Waals surface area contributed by atoms with Crippen LogP contribution in [-0.2, 0) is 11.3 Å². The van der Waals surface area contributed by atoms with E-state index in [1.165, 1.54) is 18.9 Å². The van der Waals surface area contributed by atoms with Crippen molar-refractivity contribution >= 4 is 5.91 Å². The van der Waals surface area contributed by atoms with E-state index in [0.717, 1.165) is 57.5 Å². The number of amides is 1. The molecule has 2 heterocycles. The van der Waals surface area contributed by atoms with Crippen LogP contribution in [-0.4, -0.2) is 61.6 Å². The second kappa shape index (κ2) is 10.9. The van der Waals surface area contributed by atoms with Gasteiger partial charge in [-0.1, -0.05) is 13.0 Å². The molecule has 5 nitrogen and oxygen atoms in total. The van der Waals surface area contributed by atoms with Crippen LogP contribution in [0, 0.1) is 11.7 Å². The molecule has 0 unspecified atom stereocenters. The number of methoxy groups -OCH3 is 1. The van der Waals surface area contributed by atoms with Crippen LogP contribution in [0.2, 0.25) is 0 Å². The van der Waals surface area contributed by atoms with E-state index in [1.54, 1.807) is 7.11 Å². The molecule has 162 valence electrons. The fraction of sp³-hybridized carbons (Fsp3) is 0.696. The van der Waals surface area contributed by atoms with Gasteiger partial charge in [0.25, 0.3) is 0 Å². The third-order valence-corrected chi connectivity index (χ3v) is 6.58. The van der Waals surface area contributed by atoms with Crippen LogP contribution in [0.4, 0.5) is 4.39 Å². The molecule has 1 amide bonds. The lowest BCUT2D eigenvalue weighted by molar-refractivity contribution is -0.121. The monoisotopic (exact) mass is 405 g/mol. The number of halogens is 1. The van der Waals surface area contributed by atoms with E-state index in [1.807, 2.05) is 12.1 Å². The zero-order chi connectivity index (χ0) is 20.6. The quantitative estimate of drug-likeness (QED) is 0.684. The second-order valence-electron chi connectivity index (χ2n) is 8.44. The first-order chi connectivity index (χ1) is 14.1. The highest BCUT2D eigenvalue weighted by atomic mass is 19.1. The summed E-state index contributed by atoms with van der Waals surface area (Å²) in [6.07, 6.45) is 6.18. The highest BCUT2D eigenvalue weighted by Gasteiger charge is 2.24. The zero-order valence-corrected chi connectivity index (χ0v) is 18.0. The third-order valence-electron chi connectivity index (χ3n) is 6.58. The maximum absolute atomic E-state index is 14.2. The molecule has 0 spiro atoms. The predicted octanol–water partition coefficient (Wildman–Crippen LogP) is 3.43. The lowest BCUT2D eigenvalue weighted by Gasteiger charge is -2.32. The number of benzene rings is 1. The number of likely N-dealkylation sites (N-methyl/N-ethyl adjacent to an activating group) is 1. The topological polar surface area (TPSA) is 44.8 Å². The van der Waals surface area contributed by atoms with Crippen molar-refractivity contribution in [3.63, 3.8) is 0 Å². The number of ether oxygens (including phenoxy) is 1. The van der Waals surface area contributed by atoms with Gasteiger partial charge in [-0.05, 0) is 70.3 Å². The molecule has 0 bridgehead atoms. The van der Waals surface area contributed by atoms with Gasteiger partial charge in [0.15, 0.2) is 0 Å². The number of likely N-dealkylation sites (tertiary alicyclic amines) is 2. The standard InChI is InChI=1S/C23H36FN3O2/c1-3-27-12-4-5-20(27)16-25-23(28)9-6-18-10-13-26(14-11-18)17-19-7-8-21(29-2)15-22(19)24/h7-8,15,18,20H,3-6,9-14,16-17H2,1-2H3,(H,25,28)/t20-/m1/s1. The van der Waals surface area contributed by atoms with Gasteiger partial charge >= 0.3 is 0 Å². The number of nitrogens with one attached hydrogen (secondary N) is 1. The molecule has 0 aliphatic carbocycles. The Bertz CT molecular complexity index is 662. The van der Waals surface area contributed by atoms with Gasteiger partial charge in [-0.2, -0.15) is 0 Å². The number of rotatable bonds is 9. The third kappa shape index (κ3) is 6.41. The van der Waals surface area contributed by atoms with Crippen molar-refractivity contribution in [1.82, 2.24) is 15.1 Å². The number of piperidine rings is 1. The summed E-state index contributed by atoms with van der Waals surface area (Å²) in [4.78, 5) is 17.0. The molecule has 1 N–H and O–H groups in total. The highest BCUT2D eigenvalue weighted by molar-refractivity contribution is 5.75. The number of carbonyl (C=O) groups excluding carboxylic acids is 1. The summed E-state index contributed by atoms with van der Waals surface area (Å²) in [5, 5.41) is 3.14. The Hall–Kier alpha value is -1.66. The molecular formula is C23H36FN3O2. The molecule has 1 atom stereocenters. The normalized spacial score (nSPS) is 21.4. The molecule has 3 rings (SSSR count). The van der Waals surface area contributed by atoms with Crippen molar-refractivity contribution in [3.8, 4) is 5.75 Å². The number of carbonyl (C=O) groups is 1. The fourth-order valence-electron chi connectivity index (χ4n) is 4.66. The minimum atomic E-state index is -0.202. The van der Waals surface area contributed by atoms with Crippen LogP contribution in [0.15, 0.2) is 18.2 Å². The Morgan fingerprint density at radius 2 is 2.03 bits per heavy atom. The molecule has 0 aromatic heterocycles. The molecule has 2 saturated heterocycles. The van der Waals surface area contributed by atoms with Gasteiger partial charge in [0.1, 0.15) is 11.6 Å². The smallest absolute Gasteiger partial charge is 0.220 e. The molecule has 29 heavy (non-hydrogen) atoms. The van der Waals surface area contributed by atoms with Gasteiger partial charge in [-0.3, -0.25) is 14.6 Å². The predicted molar refractivity (Wildman–Crippen MR) is 113 cm³/mol. The summed E-state index contributed by atoms with van der Waals surface area (Å²) in [5.74, 6) is 1.14. The SMILES string of the molecule is CCN1CCC[C@@H]1CNC(=O)CCC1CCN(Cc2ccc(OC)cc2F)CC1. The van der Waals surface area contributed by atoms with Gasteiger partial charge in [0, 0.05) is 37.2 Å². The van der Waals surface area contributed by atoms with Crippen LogP contribution >= 0.6 is 0 Å². The van der Waals surface area contributed by atoms with E-state index in [4.69, 9.17) is 4.74 Å². The minimum Gasteiger partial charge on any atom is -0.497 e. The summed E-state index contributed by atoms with van der Waals surface area (Å²) in [5.41, 5.74) is 0.719. The van der Waals surface area contributed by atoms with Gasteiger partial charge < -0.3 is 10.1 Å². The summed E-state index contributed by atoms with van der Waals surface area (Å²) >= 11 is 0.